The summed E-state index contributed by atoms with van der Waals surface area (Å²) >= 11 is 0. The summed E-state index contributed by atoms with van der Waals surface area (Å²) in [5, 5.41) is 0. The van der Waals surface area contributed by atoms with Gasteiger partial charge in [0.2, 0.25) is 0 Å². The maximum absolute atomic E-state index is 2.24. The first-order valence-electron chi connectivity index (χ1n) is 32.1. The summed E-state index contributed by atoms with van der Waals surface area (Å²) in [6, 6.07) is 0. The van der Waals surface area contributed by atoms with Crippen molar-refractivity contribution in [3.8, 4) is 0 Å². The molecule has 0 radical (unpaired) electrons. The van der Waals surface area contributed by atoms with Crippen LogP contribution in [0.2, 0.25) is 0 Å². The van der Waals surface area contributed by atoms with Crippen LogP contribution in [0.4, 0.5) is 0 Å². The van der Waals surface area contributed by atoms with Gasteiger partial charge in [-0.15, -0.1) is 0 Å². The predicted molar refractivity (Wildman–Crippen MR) is 277 cm³/mol. The van der Waals surface area contributed by atoms with Crippen molar-refractivity contribution in [2.45, 2.75) is 244 Å². The molecule has 66 heavy (non-hydrogen) atoms. The lowest BCUT2D eigenvalue weighted by atomic mass is 9.57. The van der Waals surface area contributed by atoms with Crippen LogP contribution in [0.15, 0.2) is 24.3 Å². The predicted octanol–water partition coefficient (Wildman–Crippen LogP) is 18.9. The third kappa shape index (κ3) is 8.23. The summed E-state index contributed by atoms with van der Waals surface area (Å²) < 4.78 is 0. The van der Waals surface area contributed by atoms with Gasteiger partial charge in [0, 0.05) is 0 Å². The highest BCUT2D eigenvalue weighted by molar-refractivity contribution is 5.21. The molecule has 17 fully saturated rings. The molecular weight excluding hydrogens is 793 g/mol. The molecule has 0 N–H and O–H groups in total. The molecule has 17 saturated carbocycles. The molecule has 0 heterocycles. The zero-order valence-corrected chi connectivity index (χ0v) is 43.0. The van der Waals surface area contributed by atoms with Crippen LogP contribution in [-0.2, 0) is 0 Å². The monoisotopic (exact) mass is 897 g/mol. The van der Waals surface area contributed by atoms with Gasteiger partial charge in [-0.1, -0.05) is 114 Å². The Morgan fingerprint density at radius 2 is 0.424 bits per heavy atom. The lowest BCUT2D eigenvalue weighted by Gasteiger charge is -2.48. The van der Waals surface area contributed by atoms with E-state index in [1.807, 2.05) is 0 Å². The van der Waals surface area contributed by atoms with Gasteiger partial charge in [0.1, 0.15) is 0 Å². The van der Waals surface area contributed by atoms with E-state index in [1.165, 1.54) is 251 Å². The summed E-state index contributed by atoms with van der Waals surface area (Å²) in [7, 11) is 0. The molecule has 19 aliphatic carbocycles. The van der Waals surface area contributed by atoms with Gasteiger partial charge in [-0.05, 0) is 296 Å². The average Bonchev–Trinajstić information content (AvgIpc) is 4.19. The second-order valence-electron chi connectivity index (χ2n) is 28.6. The fourth-order valence-corrected chi connectivity index (χ4v) is 24.9. The molecule has 0 spiro atoms. The van der Waals surface area contributed by atoms with E-state index in [-0.39, 0.29) is 0 Å². The first-order valence-corrected chi connectivity index (χ1v) is 32.1. The molecular formula is C66H104. The maximum atomic E-state index is 2.24. The zero-order valence-electron chi connectivity index (χ0n) is 43.0. The Balaban J connectivity index is 0.0000000835. The Morgan fingerprint density at radius 1 is 0.167 bits per heavy atom. The van der Waals surface area contributed by atoms with Crippen LogP contribution in [0, 0.1) is 142 Å². The van der Waals surface area contributed by atoms with Crippen molar-refractivity contribution in [2.75, 3.05) is 0 Å². The van der Waals surface area contributed by atoms with Crippen molar-refractivity contribution in [3.05, 3.63) is 24.3 Å². The van der Waals surface area contributed by atoms with Gasteiger partial charge in [0.05, 0.1) is 0 Å². The SMILES string of the molecule is C1=CCCC1.C1=CCCC1.C1CC2C(C1)C1CC2C2C3CC(C4C5CCC(C5)C34)C12.C1CC2C(C1)C1CC2C2C3CCC(C3)C12.C1CC2C3CCC(C3)C2C1.C1CCCC1.C1CCCCC1. The molecule has 0 nitrogen and oxygen atoms in total. The molecule has 368 valence electrons. The molecule has 24 unspecified atom stereocenters. The fourth-order valence-electron chi connectivity index (χ4n) is 24.9. The Morgan fingerprint density at radius 3 is 0.742 bits per heavy atom. The van der Waals surface area contributed by atoms with Gasteiger partial charge in [-0.2, -0.15) is 0 Å². The van der Waals surface area contributed by atoms with E-state index < -0.39 is 0 Å². The lowest BCUT2D eigenvalue weighted by Crippen LogP contribution is -2.44. The van der Waals surface area contributed by atoms with Crippen LogP contribution in [-0.4, -0.2) is 0 Å². The largest absolute Gasteiger partial charge is 0.0885 e. The molecule has 0 aromatic rings. The smallest absolute Gasteiger partial charge is 0.0318 e. The number of allylic oxidation sites excluding steroid dienone is 4. The third-order valence-electron chi connectivity index (χ3n) is 26.5. The summed E-state index contributed by atoms with van der Waals surface area (Å²) in [6.45, 7) is 0. The molecule has 19 rings (SSSR count). The van der Waals surface area contributed by atoms with E-state index in [4.69, 9.17) is 0 Å². The highest BCUT2D eigenvalue weighted by Crippen LogP contribution is 2.79. The average molecular weight is 898 g/mol. The Labute approximate surface area is 408 Å². The van der Waals surface area contributed by atoms with Crippen LogP contribution in [0.25, 0.3) is 0 Å². The van der Waals surface area contributed by atoms with Crippen LogP contribution in [0.3, 0.4) is 0 Å². The minimum absolute atomic E-state index is 1.19. The van der Waals surface area contributed by atoms with E-state index in [0.717, 1.165) is 0 Å². The molecule has 0 aromatic carbocycles. The van der Waals surface area contributed by atoms with Crippen LogP contribution >= 0.6 is 0 Å². The molecule has 19 aliphatic rings. The number of rotatable bonds is 0. The normalized spacial score (nSPS) is 54.1. The van der Waals surface area contributed by atoms with E-state index in [9.17, 15) is 0 Å². The van der Waals surface area contributed by atoms with Gasteiger partial charge in [-0.3, -0.25) is 0 Å². The quantitative estimate of drug-likeness (QED) is 0.168. The minimum Gasteiger partial charge on any atom is -0.0885 e. The fraction of sp³-hybridized carbons (Fsp3) is 0.939. The van der Waals surface area contributed by atoms with Crippen LogP contribution in [0.1, 0.15) is 244 Å². The van der Waals surface area contributed by atoms with Crippen molar-refractivity contribution in [1.29, 1.82) is 0 Å². The summed E-state index contributed by atoms with van der Waals surface area (Å²) in [5.41, 5.74) is 0. The lowest BCUT2D eigenvalue weighted by molar-refractivity contribution is -0.00685. The molecule has 0 saturated heterocycles. The summed E-state index contributed by atoms with van der Waals surface area (Å²) in [6.07, 6.45) is 67.6. The third-order valence-corrected chi connectivity index (χ3v) is 26.5. The Hall–Kier alpha value is -0.520. The van der Waals surface area contributed by atoms with E-state index in [0.29, 0.717) is 0 Å². The molecule has 0 heteroatoms. The first-order chi connectivity index (χ1) is 32.8. The first kappa shape index (κ1) is 45.4. The highest BCUT2D eigenvalue weighted by atomic mass is 14.8. The van der Waals surface area contributed by atoms with Crippen molar-refractivity contribution in [2.24, 2.45) is 142 Å². The van der Waals surface area contributed by atoms with Crippen molar-refractivity contribution >= 4 is 0 Å². The standard InChI is InChI=1S/C20H28.C15H22.C10H16.C6H12.C5H10.2C5H8/c1-2-11-12(3-1)14-7-13(11)19-15-8-16(20(14)19)18-10-5-4-9(6-10)17(15)18;1-2-10-11(3-1)13-7-12(10)14-8-4-5-9(6-8)15(13)14;1-2-9-7-4-5-8(6-7)10(9)3-1;1-2-4-6-5-3-1;3*1-2-4-5-3-1/h9-20H,1-8H2;8-15H,1-7H2;7-10H,1-6H2;1-6H2;1-5H2;2*1-2H,3-5H2. The Bertz CT molecular complexity index is 1510. The molecule has 24 atom stereocenters. The minimum atomic E-state index is 1.19. The summed E-state index contributed by atoms with van der Waals surface area (Å²) in [5.74, 6) is 29.4. The van der Waals surface area contributed by atoms with Gasteiger partial charge in [-0.25, -0.2) is 0 Å². The van der Waals surface area contributed by atoms with E-state index >= 15 is 0 Å². The topological polar surface area (TPSA) is 0 Å². The van der Waals surface area contributed by atoms with Crippen molar-refractivity contribution in [3.63, 3.8) is 0 Å². The molecule has 12 bridgehead atoms. The van der Waals surface area contributed by atoms with E-state index in [1.54, 1.807) is 135 Å². The highest BCUT2D eigenvalue weighted by Gasteiger charge is 2.73. The molecule has 0 aromatic heterocycles. The van der Waals surface area contributed by atoms with Crippen LogP contribution in [0.5, 0.6) is 0 Å². The number of hydrogen-bond donors (Lipinski definition) is 0. The van der Waals surface area contributed by atoms with Crippen molar-refractivity contribution < 1.29 is 0 Å². The van der Waals surface area contributed by atoms with E-state index in [2.05, 4.69) is 24.3 Å². The van der Waals surface area contributed by atoms with Gasteiger partial charge >= 0.3 is 0 Å². The van der Waals surface area contributed by atoms with Crippen molar-refractivity contribution in [1.82, 2.24) is 0 Å². The summed E-state index contributed by atoms with van der Waals surface area (Å²) in [4.78, 5) is 0. The molecule has 0 amide bonds. The number of hydrogen-bond acceptors (Lipinski definition) is 0. The second kappa shape index (κ2) is 20.2. The van der Waals surface area contributed by atoms with Gasteiger partial charge in [0.15, 0.2) is 0 Å². The van der Waals surface area contributed by atoms with Gasteiger partial charge in [0.25, 0.3) is 0 Å². The number of fused-ring (bicyclic) bond motifs is 36. The second-order valence-corrected chi connectivity index (χ2v) is 28.6. The molecule has 0 aliphatic heterocycles. The maximum Gasteiger partial charge on any atom is -0.0318 e. The Kier molecular flexibility index (Phi) is 13.9. The zero-order chi connectivity index (χ0) is 43.6. The van der Waals surface area contributed by atoms with Crippen LogP contribution < -0.4 is 0 Å². The van der Waals surface area contributed by atoms with Gasteiger partial charge < -0.3 is 0 Å².